The summed E-state index contributed by atoms with van der Waals surface area (Å²) in [6, 6.07) is 53.7. The average molecular weight is 1430 g/mol. The van der Waals surface area contributed by atoms with Crippen LogP contribution in [0.25, 0.3) is 105 Å². The maximum absolute atomic E-state index is 13.9. The molecule has 103 heavy (non-hydrogen) atoms. The number of fused-ring (bicyclic) bond motifs is 10. The van der Waals surface area contributed by atoms with E-state index in [9.17, 15) is 48.5 Å². The van der Waals surface area contributed by atoms with Crippen molar-refractivity contribution in [3.8, 4) is 39.9 Å². The molecule has 0 amide bonds. The van der Waals surface area contributed by atoms with E-state index in [1.807, 2.05) is 74.5 Å². The van der Waals surface area contributed by atoms with E-state index in [0.717, 1.165) is 46.4 Å². The van der Waals surface area contributed by atoms with Crippen LogP contribution in [0.5, 0.6) is 23.0 Å². The summed E-state index contributed by atoms with van der Waals surface area (Å²) in [4.78, 5) is 96.2. The smallest absolute Gasteiger partial charge is 0.354 e. The van der Waals surface area contributed by atoms with Gasteiger partial charge in [-0.05, 0) is 170 Å². The number of ether oxygens (including phenoxy) is 1. The number of para-hydroxylation sites is 6. The second-order valence-electron chi connectivity index (χ2n) is 23.1. The highest BCUT2D eigenvalue weighted by molar-refractivity contribution is 7.99. The molecule has 0 bridgehead atoms. The summed E-state index contributed by atoms with van der Waals surface area (Å²) in [6.07, 6.45) is 0. The molecule has 17 rings (SSSR count). The number of rotatable bonds is 12. The van der Waals surface area contributed by atoms with Crippen LogP contribution in [0, 0.1) is 19.7 Å². The number of methoxy groups -OCH3 is 1. The lowest BCUT2D eigenvalue weighted by Crippen LogP contribution is -2.23. The molecule has 10 heterocycles. The quantitative estimate of drug-likeness (QED) is 0.0957. The summed E-state index contributed by atoms with van der Waals surface area (Å²) in [5.41, 5.74) is 4.34. The van der Waals surface area contributed by atoms with E-state index in [2.05, 4.69) is 19.9 Å². The monoisotopic (exact) mass is 1430 g/mol. The first kappa shape index (κ1) is 66.2. The predicted octanol–water partition coefficient (Wildman–Crippen LogP) is 15.0. The molecule has 0 aliphatic heterocycles. The third-order valence-corrected chi connectivity index (χ3v) is 19.4. The van der Waals surface area contributed by atoms with Gasteiger partial charge in [0.2, 0.25) is 0 Å². The Hall–Kier alpha value is -12.7. The van der Waals surface area contributed by atoms with Crippen molar-refractivity contribution < 1.29 is 50.9 Å². The lowest BCUT2D eigenvalue weighted by Gasteiger charge is -2.15. The third-order valence-electron chi connectivity index (χ3n) is 16.6. The van der Waals surface area contributed by atoms with Crippen LogP contribution >= 0.6 is 35.3 Å². The number of hydrogen-bond donors (Lipinski definition) is 3. The first-order valence-electron chi connectivity index (χ1n) is 31.4. The van der Waals surface area contributed by atoms with E-state index >= 15 is 0 Å². The standard InChI is InChI=1S/C28H18N2O6S.C26H16FN3O5S.C22H16N2O5S/c1-34-18-13-11-17(12-14-18)30-20(16-7-3-2-4-8-16)15-22-23(26(30)32)24(31)25(27(33)35-22)37-28-29-19-9-5-6-10-21(19)36-28;1-13-6-11-16-21-19(24(32)30(23(16)28-13)12-14-7-9-15(27)10-8-14)20(31)22(25(33)35-21)36-26-29-17-4-2-3-5-18(17)34-26;1-3-24-14-10-11(2)8-9-12(14)18-16(20(24)26)17(25)19(21(27)29-18)30-22-23-13-6-4-5-7-15(13)28-22/h2-15,31H,1H3;2-11,31H,12H2,1H3;4-10,25H,3H2,1-2H3. The number of nitrogens with zero attached hydrogens (tertiary/aromatic N) is 7. The van der Waals surface area contributed by atoms with Crippen molar-refractivity contribution in [1.29, 1.82) is 0 Å². The summed E-state index contributed by atoms with van der Waals surface area (Å²) < 4.78 is 56.7. The van der Waals surface area contributed by atoms with Crippen molar-refractivity contribution in [1.82, 2.24) is 33.6 Å². The fourth-order valence-corrected chi connectivity index (χ4v) is 14.1. The van der Waals surface area contributed by atoms with Crippen LogP contribution in [0.15, 0.2) is 274 Å². The zero-order chi connectivity index (χ0) is 71.5. The largest absolute Gasteiger partial charge is 0.505 e. The van der Waals surface area contributed by atoms with Gasteiger partial charge in [-0.3, -0.25) is 23.5 Å². The normalized spacial score (nSPS) is 11.5. The highest BCUT2D eigenvalue weighted by Crippen LogP contribution is 2.42. The molecule has 27 heteroatoms. The van der Waals surface area contributed by atoms with Gasteiger partial charge in [0.15, 0.2) is 45.2 Å². The molecule has 0 fully saturated rings. The Morgan fingerprint density at radius 1 is 0.476 bits per heavy atom. The number of aryl methyl sites for hydroxylation is 3. The van der Waals surface area contributed by atoms with Crippen molar-refractivity contribution in [3.05, 3.63) is 273 Å². The van der Waals surface area contributed by atoms with Crippen LogP contribution in [0.1, 0.15) is 23.7 Å². The SMILES string of the molecule is CCn1c(=O)c2c(O)c(Sc3nc4ccccc4o3)c(=O)oc2c2ccc(C)cc21.COc1ccc(-n2c(-c3ccccc3)cc3oc(=O)c(Sc4nc5ccccc5o4)c(O)c3c2=O)cc1.Cc1ccc2c3oc(=O)c(Sc4nc5ccccc5o4)c(O)c3c(=O)n(Cc3ccc(F)cc3)c2n1. The molecule has 0 radical (unpaired) electrons. The number of aromatic nitrogens is 7. The van der Waals surface area contributed by atoms with E-state index in [-0.39, 0.29) is 75.5 Å². The van der Waals surface area contributed by atoms with Gasteiger partial charge in [0, 0.05) is 29.4 Å². The van der Waals surface area contributed by atoms with Crippen molar-refractivity contribution in [3.63, 3.8) is 0 Å². The molecule has 0 unspecified atom stereocenters. The Bertz CT molecular complexity index is 6560. The van der Waals surface area contributed by atoms with E-state index in [4.69, 9.17) is 31.2 Å². The second kappa shape index (κ2) is 27.1. The van der Waals surface area contributed by atoms with Crippen molar-refractivity contribution >= 4 is 123 Å². The second-order valence-corrected chi connectivity index (χ2v) is 26.0. The van der Waals surface area contributed by atoms with Gasteiger partial charge >= 0.3 is 16.9 Å². The molecule has 3 N–H and O–H groups in total. The van der Waals surface area contributed by atoms with Gasteiger partial charge in [-0.2, -0.15) is 0 Å². The van der Waals surface area contributed by atoms with E-state index in [1.54, 1.807) is 134 Å². The topological polar surface area (TPSA) is 318 Å². The zero-order valence-electron chi connectivity index (χ0n) is 54.2. The molecular weight excluding hydrogens is 1380 g/mol. The first-order valence-corrected chi connectivity index (χ1v) is 33.9. The maximum Gasteiger partial charge on any atom is 0.354 e. The third kappa shape index (κ3) is 12.4. The van der Waals surface area contributed by atoms with Crippen molar-refractivity contribution in [2.24, 2.45) is 0 Å². The van der Waals surface area contributed by atoms with Crippen molar-refractivity contribution in [2.75, 3.05) is 7.11 Å². The predicted molar refractivity (Wildman–Crippen MR) is 386 cm³/mol. The number of oxazole rings is 3. The molecule has 510 valence electrons. The molecule has 7 aromatic carbocycles. The number of aromatic hydroxyl groups is 3. The zero-order valence-corrected chi connectivity index (χ0v) is 56.6. The maximum atomic E-state index is 13.9. The molecule has 0 saturated carbocycles. The van der Waals surface area contributed by atoms with Gasteiger partial charge in [-0.15, -0.1) is 0 Å². The molecule has 0 aliphatic carbocycles. The molecule has 17 aromatic rings. The van der Waals surface area contributed by atoms with E-state index in [0.29, 0.717) is 84.5 Å². The summed E-state index contributed by atoms with van der Waals surface area (Å²) in [5, 5.41) is 34.3. The first-order chi connectivity index (χ1) is 49.9. The lowest BCUT2D eigenvalue weighted by atomic mass is 10.1. The number of pyridine rings is 4. The highest BCUT2D eigenvalue weighted by Gasteiger charge is 2.28. The van der Waals surface area contributed by atoms with Crippen LogP contribution < -0.4 is 38.3 Å². The fourth-order valence-electron chi connectivity index (χ4n) is 11.8. The minimum absolute atomic E-state index is 0.0296. The van der Waals surface area contributed by atoms with E-state index in [1.165, 1.54) is 21.3 Å². The van der Waals surface area contributed by atoms with Gasteiger partial charge < -0.3 is 51.1 Å². The minimum Gasteiger partial charge on any atom is -0.505 e. The van der Waals surface area contributed by atoms with Crippen LogP contribution in [0.3, 0.4) is 0 Å². The average Bonchev–Trinajstić information content (AvgIpc) is 1.72. The van der Waals surface area contributed by atoms with Crippen LogP contribution in [0.2, 0.25) is 0 Å². The summed E-state index contributed by atoms with van der Waals surface area (Å²) in [7, 11) is 1.56. The molecule has 0 aliphatic rings. The molecule has 23 nitrogen and oxygen atoms in total. The summed E-state index contributed by atoms with van der Waals surface area (Å²) in [5.74, 6) is -1.23. The summed E-state index contributed by atoms with van der Waals surface area (Å²) >= 11 is 2.40. The molecule has 0 atom stereocenters. The van der Waals surface area contributed by atoms with Gasteiger partial charge in [-0.1, -0.05) is 84.9 Å². The molecule has 10 aromatic heterocycles. The van der Waals surface area contributed by atoms with Crippen LogP contribution in [0.4, 0.5) is 4.39 Å². The fraction of sp³-hybridized carbons (Fsp3) is 0.0789. The van der Waals surface area contributed by atoms with Gasteiger partial charge in [0.25, 0.3) is 32.3 Å². The van der Waals surface area contributed by atoms with Crippen LogP contribution in [-0.2, 0) is 13.1 Å². The summed E-state index contributed by atoms with van der Waals surface area (Å²) in [6.45, 7) is 6.00. The van der Waals surface area contributed by atoms with Gasteiger partial charge in [0.1, 0.15) is 70.2 Å². The Balaban J connectivity index is 0.000000125. The van der Waals surface area contributed by atoms with Crippen molar-refractivity contribution in [2.45, 2.75) is 64.2 Å². The van der Waals surface area contributed by atoms with E-state index < -0.39 is 56.6 Å². The minimum atomic E-state index is -0.843. The Morgan fingerprint density at radius 2 is 0.961 bits per heavy atom. The Kier molecular flexibility index (Phi) is 17.4. The molecule has 0 saturated heterocycles. The number of benzene rings is 7. The van der Waals surface area contributed by atoms with Gasteiger partial charge in [-0.25, -0.2) is 38.7 Å². The Labute approximate surface area is 589 Å². The van der Waals surface area contributed by atoms with Gasteiger partial charge in [0.05, 0.1) is 30.3 Å². The molecular formula is C76H50FN7O16S3. The highest BCUT2D eigenvalue weighted by atomic mass is 32.2. The molecule has 0 spiro atoms. The number of halogens is 1. The Morgan fingerprint density at radius 3 is 1.49 bits per heavy atom. The lowest BCUT2D eigenvalue weighted by molar-refractivity contribution is 0.414. The number of hydrogen-bond acceptors (Lipinski definition) is 23. The van der Waals surface area contributed by atoms with Crippen LogP contribution in [-0.4, -0.2) is 56.1 Å².